The lowest BCUT2D eigenvalue weighted by atomic mass is 9.85. The average molecular weight is 300 g/mol. The highest BCUT2D eigenvalue weighted by molar-refractivity contribution is 7.14. The zero-order valence-electron chi connectivity index (χ0n) is 11.9. The standard InChI is InChI=1S/C15H22ClNOS/c1-15(2,3)13(7-8-16)17-14(18)12-9-10-5-4-6-11(10)19-12/h9,13H,4-8H2,1-3H3,(H,17,18). The summed E-state index contributed by atoms with van der Waals surface area (Å²) in [4.78, 5) is 14.6. The van der Waals surface area contributed by atoms with Gasteiger partial charge in [-0.15, -0.1) is 22.9 Å². The molecule has 2 nitrogen and oxygen atoms in total. The lowest BCUT2D eigenvalue weighted by Gasteiger charge is -2.31. The van der Waals surface area contributed by atoms with Crippen molar-refractivity contribution >= 4 is 28.8 Å². The third-order valence-corrected chi connectivity index (χ3v) is 5.17. The molecule has 1 aromatic rings. The van der Waals surface area contributed by atoms with Gasteiger partial charge in [0.15, 0.2) is 0 Å². The van der Waals surface area contributed by atoms with Gasteiger partial charge < -0.3 is 5.32 Å². The Bertz CT molecular complexity index is 440. The fourth-order valence-corrected chi connectivity index (χ4v) is 3.88. The van der Waals surface area contributed by atoms with Crippen LogP contribution in [-0.4, -0.2) is 17.8 Å². The molecule has 0 saturated carbocycles. The molecule has 1 aliphatic rings. The SMILES string of the molecule is CC(C)(C)C(CCCl)NC(=O)c1cc2c(s1)CCC2. The quantitative estimate of drug-likeness (QED) is 0.836. The molecule has 0 aromatic carbocycles. The van der Waals surface area contributed by atoms with Gasteiger partial charge in [-0.3, -0.25) is 4.79 Å². The maximum atomic E-state index is 12.3. The lowest BCUT2D eigenvalue weighted by Crippen LogP contribution is -2.43. The summed E-state index contributed by atoms with van der Waals surface area (Å²) in [5.41, 5.74) is 1.41. The molecule has 0 bridgehead atoms. The van der Waals surface area contributed by atoms with E-state index in [1.807, 2.05) is 0 Å². The van der Waals surface area contributed by atoms with E-state index in [-0.39, 0.29) is 17.4 Å². The Labute approximate surface area is 124 Å². The van der Waals surface area contributed by atoms with Crippen LogP contribution in [0.15, 0.2) is 6.07 Å². The third kappa shape index (κ3) is 3.51. The summed E-state index contributed by atoms with van der Waals surface area (Å²) in [5.74, 6) is 0.632. The van der Waals surface area contributed by atoms with Crippen LogP contribution < -0.4 is 5.32 Å². The third-order valence-electron chi connectivity index (χ3n) is 3.72. The number of halogens is 1. The van der Waals surface area contributed by atoms with Crippen LogP contribution in [-0.2, 0) is 12.8 Å². The molecule has 1 amide bonds. The van der Waals surface area contributed by atoms with Crippen molar-refractivity contribution in [2.45, 2.75) is 52.5 Å². The smallest absolute Gasteiger partial charge is 0.261 e. The molecule has 1 aromatic heterocycles. The van der Waals surface area contributed by atoms with Crippen molar-refractivity contribution in [2.24, 2.45) is 5.41 Å². The molecule has 19 heavy (non-hydrogen) atoms. The van der Waals surface area contributed by atoms with Gasteiger partial charge in [-0.25, -0.2) is 0 Å². The maximum absolute atomic E-state index is 12.3. The highest BCUT2D eigenvalue weighted by Crippen LogP contribution is 2.31. The number of carbonyl (C=O) groups is 1. The monoisotopic (exact) mass is 299 g/mol. The number of nitrogens with one attached hydrogen (secondary N) is 1. The molecule has 0 aliphatic heterocycles. The Kier molecular flexibility index (Phi) is 4.57. The minimum absolute atomic E-state index is 0.0323. The Morgan fingerprint density at radius 1 is 1.47 bits per heavy atom. The number of hydrogen-bond donors (Lipinski definition) is 1. The fraction of sp³-hybridized carbons (Fsp3) is 0.667. The topological polar surface area (TPSA) is 29.1 Å². The van der Waals surface area contributed by atoms with Gasteiger partial charge in [-0.1, -0.05) is 20.8 Å². The van der Waals surface area contributed by atoms with Gasteiger partial charge in [0.2, 0.25) is 0 Å². The van der Waals surface area contributed by atoms with Crippen LogP contribution in [0.25, 0.3) is 0 Å². The molecule has 1 N–H and O–H groups in total. The number of fused-ring (bicyclic) bond motifs is 1. The first-order chi connectivity index (χ1) is 8.91. The van der Waals surface area contributed by atoms with E-state index in [2.05, 4.69) is 32.2 Å². The molecule has 0 fully saturated rings. The molecule has 106 valence electrons. The summed E-state index contributed by atoms with van der Waals surface area (Å²) in [7, 11) is 0. The Hall–Kier alpha value is -0.540. The van der Waals surface area contributed by atoms with E-state index in [0.717, 1.165) is 24.1 Å². The summed E-state index contributed by atoms with van der Waals surface area (Å²) in [5, 5.41) is 3.15. The molecular formula is C15H22ClNOS. The second-order valence-electron chi connectivity index (χ2n) is 6.28. The number of rotatable bonds is 4. The summed E-state index contributed by atoms with van der Waals surface area (Å²) >= 11 is 7.50. The minimum atomic E-state index is 0.0323. The van der Waals surface area contributed by atoms with Crippen LogP contribution >= 0.6 is 22.9 Å². The van der Waals surface area contributed by atoms with Crippen molar-refractivity contribution < 1.29 is 4.79 Å². The first-order valence-corrected chi connectivity index (χ1v) is 8.25. The van der Waals surface area contributed by atoms with Crippen molar-refractivity contribution in [3.63, 3.8) is 0 Å². The molecule has 1 heterocycles. The zero-order chi connectivity index (χ0) is 14.0. The molecular weight excluding hydrogens is 278 g/mol. The van der Waals surface area contributed by atoms with Crippen molar-refractivity contribution in [2.75, 3.05) is 5.88 Å². The van der Waals surface area contributed by atoms with Crippen molar-refractivity contribution in [3.8, 4) is 0 Å². The van der Waals surface area contributed by atoms with Gasteiger partial charge in [0.25, 0.3) is 5.91 Å². The number of amides is 1. The number of thiophene rings is 1. The van der Waals surface area contributed by atoms with Gasteiger partial charge in [0, 0.05) is 16.8 Å². The van der Waals surface area contributed by atoms with Crippen molar-refractivity contribution in [3.05, 3.63) is 21.4 Å². The molecule has 1 unspecified atom stereocenters. The van der Waals surface area contributed by atoms with Crippen molar-refractivity contribution in [1.29, 1.82) is 0 Å². The van der Waals surface area contributed by atoms with E-state index in [1.165, 1.54) is 16.9 Å². The largest absolute Gasteiger partial charge is 0.348 e. The van der Waals surface area contributed by atoms with Crippen LogP contribution in [0.2, 0.25) is 0 Å². The maximum Gasteiger partial charge on any atom is 0.261 e. The van der Waals surface area contributed by atoms with E-state index >= 15 is 0 Å². The Balaban J connectivity index is 2.06. The Morgan fingerprint density at radius 3 is 2.79 bits per heavy atom. The van der Waals surface area contributed by atoms with Crippen molar-refractivity contribution in [1.82, 2.24) is 5.32 Å². The number of carbonyl (C=O) groups excluding carboxylic acids is 1. The van der Waals surface area contributed by atoms with Gasteiger partial charge in [0.1, 0.15) is 0 Å². The lowest BCUT2D eigenvalue weighted by molar-refractivity contribution is 0.0904. The van der Waals surface area contributed by atoms with E-state index in [4.69, 9.17) is 11.6 Å². The fourth-order valence-electron chi connectivity index (χ4n) is 2.50. The predicted molar refractivity (Wildman–Crippen MR) is 82.4 cm³/mol. The average Bonchev–Trinajstić information content (AvgIpc) is 2.86. The van der Waals surface area contributed by atoms with Crippen LogP contribution in [0.5, 0.6) is 0 Å². The van der Waals surface area contributed by atoms with Gasteiger partial charge in [0.05, 0.1) is 4.88 Å². The second kappa shape index (κ2) is 5.84. The summed E-state index contributed by atoms with van der Waals surface area (Å²) < 4.78 is 0. The molecule has 4 heteroatoms. The molecule has 2 rings (SSSR count). The number of alkyl halides is 1. The number of aryl methyl sites for hydroxylation is 2. The van der Waals surface area contributed by atoms with Crippen LogP contribution in [0, 0.1) is 5.41 Å². The molecule has 0 spiro atoms. The molecule has 0 saturated heterocycles. The zero-order valence-corrected chi connectivity index (χ0v) is 13.5. The van der Waals surface area contributed by atoms with Gasteiger partial charge in [-0.05, 0) is 42.7 Å². The highest BCUT2D eigenvalue weighted by Gasteiger charge is 2.27. The Morgan fingerprint density at radius 2 is 2.21 bits per heavy atom. The van der Waals surface area contributed by atoms with Crippen LogP contribution in [0.3, 0.4) is 0 Å². The molecule has 0 radical (unpaired) electrons. The predicted octanol–water partition coefficient (Wildman–Crippen LogP) is 4.01. The highest BCUT2D eigenvalue weighted by atomic mass is 35.5. The summed E-state index contributed by atoms with van der Waals surface area (Å²) in [6.07, 6.45) is 4.31. The molecule has 1 atom stereocenters. The first kappa shape index (κ1) is 14.9. The number of hydrogen-bond acceptors (Lipinski definition) is 2. The van der Waals surface area contributed by atoms with E-state index < -0.39 is 0 Å². The summed E-state index contributed by atoms with van der Waals surface area (Å²) in [6, 6.07) is 2.19. The second-order valence-corrected chi connectivity index (χ2v) is 7.80. The van der Waals surface area contributed by atoms with E-state index in [1.54, 1.807) is 11.3 Å². The van der Waals surface area contributed by atoms with E-state index in [9.17, 15) is 4.79 Å². The molecule has 1 aliphatic carbocycles. The normalized spacial score (nSPS) is 16.2. The van der Waals surface area contributed by atoms with Crippen LogP contribution in [0.4, 0.5) is 0 Å². The van der Waals surface area contributed by atoms with E-state index in [0.29, 0.717) is 5.88 Å². The summed E-state index contributed by atoms with van der Waals surface area (Å²) in [6.45, 7) is 6.41. The minimum Gasteiger partial charge on any atom is -0.348 e. The van der Waals surface area contributed by atoms with Gasteiger partial charge in [-0.2, -0.15) is 0 Å². The van der Waals surface area contributed by atoms with Crippen LogP contribution in [0.1, 0.15) is 53.7 Å². The van der Waals surface area contributed by atoms with Gasteiger partial charge >= 0.3 is 0 Å². The first-order valence-electron chi connectivity index (χ1n) is 6.90.